The Morgan fingerprint density at radius 2 is 1.94 bits per heavy atom. The van der Waals surface area contributed by atoms with Crippen LogP contribution in [0.2, 0.25) is 0 Å². The molecule has 1 aliphatic rings. The number of rotatable bonds is 5. The summed E-state index contributed by atoms with van der Waals surface area (Å²) in [7, 11) is 0. The van der Waals surface area contributed by atoms with Crippen molar-refractivity contribution in [3.63, 3.8) is 0 Å². The molecule has 0 unspecified atom stereocenters. The third kappa shape index (κ3) is 2.80. The van der Waals surface area contributed by atoms with Crippen LogP contribution in [0.1, 0.15) is 32.6 Å². The molecule has 0 aliphatic heterocycles. The maximum Gasteiger partial charge on any atom is 0.320 e. The highest BCUT2D eigenvalue weighted by atomic mass is 32.2. The standard InChI is InChI=1S/C14H18O3S/c1-2-17-11-5-7-12(8-6-11)18-14(13(15)16)9-3-4-10-14/h5-8H,2-4,9-10H2,1H3,(H,15,16). The Hall–Kier alpha value is -1.16. The molecule has 0 radical (unpaired) electrons. The summed E-state index contributed by atoms with van der Waals surface area (Å²) in [6, 6.07) is 7.68. The number of thioether (sulfide) groups is 1. The van der Waals surface area contributed by atoms with Gasteiger partial charge in [0.2, 0.25) is 0 Å². The van der Waals surface area contributed by atoms with Crippen molar-refractivity contribution in [1.29, 1.82) is 0 Å². The van der Waals surface area contributed by atoms with E-state index in [2.05, 4.69) is 0 Å². The number of ether oxygens (including phenoxy) is 1. The Morgan fingerprint density at radius 3 is 2.44 bits per heavy atom. The van der Waals surface area contributed by atoms with Crippen molar-refractivity contribution in [3.8, 4) is 5.75 Å². The third-order valence-electron chi connectivity index (χ3n) is 3.25. The van der Waals surface area contributed by atoms with E-state index < -0.39 is 10.7 Å². The second kappa shape index (κ2) is 5.65. The topological polar surface area (TPSA) is 46.5 Å². The monoisotopic (exact) mass is 266 g/mol. The fourth-order valence-electron chi connectivity index (χ4n) is 2.30. The van der Waals surface area contributed by atoms with Crippen LogP contribution in [0.4, 0.5) is 0 Å². The summed E-state index contributed by atoms with van der Waals surface area (Å²) in [4.78, 5) is 12.5. The van der Waals surface area contributed by atoms with Gasteiger partial charge in [0.25, 0.3) is 0 Å². The number of carboxylic acids is 1. The van der Waals surface area contributed by atoms with E-state index in [1.807, 2.05) is 31.2 Å². The molecule has 3 nitrogen and oxygen atoms in total. The maximum atomic E-state index is 11.5. The van der Waals surface area contributed by atoms with Gasteiger partial charge in [0.1, 0.15) is 10.5 Å². The van der Waals surface area contributed by atoms with Gasteiger partial charge in [-0.15, -0.1) is 11.8 Å². The first kappa shape index (κ1) is 13.3. The number of benzene rings is 1. The second-order valence-corrected chi connectivity index (χ2v) is 5.97. The lowest BCUT2D eigenvalue weighted by Crippen LogP contribution is -2.31. The average Bonchev–Trinajstić information content (AvgIpc) is 2.82. The summed E-state index contributed by atoms with van der Waals surface area (Å²) in [5, 5.41) is 9.42. The van der Waals surface area contributed by atoms with Crippen molar-refractivity contribution in [2.75, 3.05) is 6.61 Å². The van der Waals surface area contributed by atoms with E-state index in [1.54, 1.807) is 0 Å². The molecule has 1 fully saturated rings. The van der Waals surface area contributed by atoms with Crippen LogP contribution in [0, 0.1) is 0 Å². The van der Waals surface area contributed by atoms with Crippen molar-refractivity contribution in [1.82, 2.24) is 0 Å². The van der Waals surface area contributed by atoms with E-state index in [9.17, 15) is 9.90 Å². The van der Waals surface area contributed by atoms with Crippen molar-refractivity contribution in [2.45, 2.75) is 42.2 Å². The van der Waals surface area contributed by atoms with E-state index in [0.29, 0.717) is 6.61 Å². The summed E-state index contributed by atoms with van der Waals surface area (Å²) in [5.41, 5.74) is 0. The normalized spacial score (nSPS) is 17.6. The van der Waals surface area contributed by atoms with Gasteiger partial charge in [-0.3, -0.25) is 4.79 Å². The molecule has 4 heteroatoms. The minimum Gasteiger partial charge on any atom is -0.494 e. The highest BCUT2D eigenvalue weighted by molar-refractivity contribution is 8.01. The van der Waals surface area contributed by atoms with Crippen LogP contribution in [-0.2, 0) is 4.79 Å². The first-order valence-corrected chi connectivity index (χ1v) is 7.13. The van der Waals surface area contributed by atoms with Crippen LogP contribution in [-0.4, -0.2) is 22.4 Å². The molecule has 1 saturated carbocycles. The van der Waals surface area contributed by atoms with Crippen LogP contribution in [0.15, 0.2) is 29.2 Å². The smallest absolute Gasteiger partial charge is 0.320 e. The quantitative estimate of drug-likeness (QED) is 0.885. The summed E-state index contributed by atoms with van der Waals surface area (Å²) < 4.78 is 4.76. The van der Waals surface area contributed by atoms with Gasteiger partial charge in [-0.05, 0) is 44.0 Å². The van der Waals surface area contributed by atoms with Gasteiger partial charge in [0, 0.05) is 4.90 Å². The van der Waals surface area contributed by atoms with E-state index in [4.69, 9.17) is 4.74 Å². The Morgan fingerprint density at radius 1 is 1.33 bits per heavy atom. The van der Waals surface area contributed by atoms with Crippen molar-refractivity contribution in [2.24, 2.45) is 0 Å². The number of carboxylic acid groups (broad SMARTS) is 1. The molecule has 1 N–H and O–H groups in total. The second-order valence-electron chi connectivity index (χ2n) is 4.51. The molecule has 0 aromatic heterocycles. The zero-order valence-electron chi connectivity index (χ0n) is 10.5. The molecule has 0 amide bonds. The average molecular weight is 266 g/mol. The first-order chi connectivity index (χ1) is 8.66. The highest BCUT2D eigenvalue weighted by Crippen LogP contribution is 2.45. The van der Waals surface area contributed by atoms with E-state index in [-0.39, 0.29) is 0 Å². The number of carbonyl (C=O) groups is 1. The molecular weight excluding hydrogens is 248 g/mol. The van der Waals surface area contributed by atoms with Gasteiger partial charge >= 0.3 is 5.97 Å². The van der Waals surface area contributed by atoms with Crippen LogP contribution in [0.3, 0.4) is 0 Å². The predicted octanol–water partition coefficient (Wildman–Crippen LogP) is 3.57. The summed E-state index contributed by atoms with van der Waals surface area (Å²) in [6.07, 6.45) is 3.55. The number of hydrogen-bond donors (Lipinski definition) is 1. The summed E-state index contributed by atoms with van der Waals surface area (Å²) in [5.74, 6) is 0.150. The predicted molar refractivity (Wildman–Crippen MR) is 72.3 cm³/mol. The van der Waals surface area contributed by atoms with Crippen LogP contribution in [0.5, 0.6) is 5.75 Å². The lowest BCUT2D eigenvalue weighted by Gasteiger charge is -2.23. The molecule has 2 rings (SSSR count). The minimum atomic E-state index is -0.682. The Labute approximate surface area is 112 Å². The van der Waals surface area contributed by atoms with Gasteiger partial charge in [0.15, 0.2) is 0 Å². The van der Waals surface area contributed by atoms with Crippen molar-refractivity contribution >= 4 is 17.7 Å². The molecule has 0 bridgehead atoms. The zero-order valence-corrected chi connectivity index (χ0v) is 11.3. The van der Waals surface area contributed by atoms with E-state index in [1.165, 1.54) is 11.8 Å². The van der Waals surface area contributed by atoms with E-state index >= 15 is 0 Å². The maximum absolute atomic E-state index is 11.5. The summed E-state index contributed by atoms with van der Waals surface area (Å²) in [6.45, 7) is 2.59. The first-order valence-electron chi connectivity index (χ1n) is 6.31. The molecule has 0 heterocycles. The van der Waals surface area contributed by atoms with Crippen LogP contribution < -0.4 is 4.74 Å². The molecule has 1 aromatic rings. The highest BCUT2D eigenvalue weighted by Gasteiger charge is 2.42. The molecule has 1 aliphatic carbocycles. The molecule has 18 heavy (non-hydrogen) atoms. The lowest BCUT2D eigenvalue weighted by atomic mass is 10.1. The van der Waals surface area contributed by atoms with Crippen molar-refractivity contribution in [3.05, 3.63) is 24.3 Å². The van der Waals surface area contributed by atoms with Gasteiger partial charge in [0.05, 0.1) is 6.61 Å². The summed E-state index contributed by atoms with van der Waals surface area (Å²) >= 11 is 1.48. The largest absolute Gasteiger partial charge is 0.494 e. The molecule has 98 valence electrons. The number of aliphatic carboxylic acids is 1. The molecular formula is C14H18O3S. The molecule has 0 spiro atoms. The molecule has 0 atom stereocenters. The fourth-order valence-corrected chi connectivity index (χ4v) is 3.61. The van der Waals surface area contributed by atoms with Gasteiger partial charge in [-0.1, -0.05) is 12.8 Å². The Bertz CT molecular complexity index is 408. The fraction of sp³-hybridized carbons (Fsp3) is 0.500. The van der Waals surface area contributed by atoms with Gasteiger partial charge in [-0.2, -0.15) is 0 Å². The lowest BCUT2D eigenvalue weighted by molar-refractivity contribution is -0.139. The van der Waals surface area contributed by atoms with Crippen LogP contribution >= 0.6 is 11.8 Å². The van der Waals surface area contributed by atoms with E-state index in [0.717, 1.165) is 36.3 Å². The zero-order chi connectivity index (χ0) is 13.0. The Kier molecular flexibility index (Phi) is 4.17. The van der Waals surface area contributed by atoms with Crippen molar-refractivity contribution < 1.29 is 14.6 Å². The SMILES string of the molecule is CCOc1ccc(SC2(C(=O)O)CCCC2)cc1. The third-order valence-corrected chi connectivity index (χ3v) is 4.73. The van der Waals surface area contributed by atoms with Gasteiger partial charge in [-0.25, -0.2) is 0 Å². The number of hydrogen-bond acceptors (Lipinski definition) is 3. The van der Waals surface area contributed by atoms with Crippen LogP contribution in [0.25, 0.3) is 0 Å². The minimum absolute atomic E-state index is 0.618. The molecule has 1 aromatic carbocycles. The molecule has 0 saturated heterocycles. The Balaban J connectivity index is 2.10. The van der Waals surface area contributed by atoms with Gasteiger partial charge < -0.3 is 9.84 Å².